The number of nitrogens with two attached hydrogens (primary N) is 1. The van der Waals surface area contributed by atoms with Crippen LogP contribution in [0, 0.1) is 0 Å². The van der Waals surface area contributed by atoms with E-state index in [-0.39, 0.29) is 17.5 Å². The molecule has 0 atom stereocenters. The lowest BCUT2D eigenvalue weighted by atomic mass is 10.2. The van der Waals surface area contributed by atoms with Gasteiger partial charge in [0.2, 0.25) is 5.88 Å². The van der Waals surface area contributed by atoms with Crippen LogP contribution < -0.4 is 15.4 Å². The van der Waals surface area contributed by atoms with Crippen LogP contribution in [0.1, 0.15) is 38.1 Å². The van der Waals surface area contributed by atoms with Crippen molar-refractivity contribution >= 4 is 17.8 Å². The molecule has 0 radical (unpaired) electrons. The number of carbonyl (C=O) groups is 2. The number of ether oxygens (including phenoxy) is 2. The van der Waals surface area contributed by atoms with E-state index in [4.69, 9.17) is 15.2 Å². The highest BCUT2D eigenvalue weighted by atomic mass is 16.6. The van der Waals surface area contributed by atoms with Gasteiger partial charge in [0, 0.05) is 26.7 Å². The Kier molecular flexibility index (Phi) is 7.02. The van der Waals surface area contributed by atoms with E-state index in [9.17, 15) is 9.59 Å². The molecule has 2 amide bonds. The summed E-state index contributed by atoms with van der Waals surface area (Å²) < 4.78 is 10.5. The minimum atomic E-state index is -0.594. The fraction of sp³-hybridized carbons (Fsp3) is 0.588. The van der Waals surface area contributed by atoms with Crippen molar-refractivity contribution in [3.63, 3.8) is 0 Å². The van der Waals surface area contributed by atoms with Crippen LogP contribution >= 0.6 is 0 Å². The van der Waals surface area contributed by atoms with E-state index >= 15 is 0 Å². The maximum Gasteiger partial charge on any atom is 0.410 e. The van der Waals surface area contributed by atoms with Gasteiger partial charge in [-0.1, -0.05) is 0 Å². The number of aromatic nitrogens is 1. The van der Waals surface area contributed by atoms with Crippen molar-refractivity contribution < 1.29 is 19.1 Å². The van der Waals surface area contributed by atoms with Crippen molar-refractivity contribution in [1.82, 2.24) is 9.88 Å². The van der Waals surface area contributed by atoms with E-state index < -0.39 is 11.5 Å². The molecule has 0 unspecified atom stereocenters. The summed E-state index contributed by atoms with van der Waals surface area (Å²) in [7, 11) is 3.12. The van der Waals surface area contributed by atoms with Gasteiger partial charge in [-0.2, -0.15) is 4.98 Å². The Morgan fingerprint density at radius 1 is 1.24 bits per heavy atom. The number of amides is 2. The van der Waals surface area contributed by atoms with Crippen molar-refractivity contribution in [3.8, 4) is 5.88 Å². The smallest absolute Gasteiger partial charge is 0.410 e. The monoisotopic (exact) mass is 352 g/mol. The third-order valence-corrected chi connectivity index (χ3v) is 3.42. The Morgan fingerprint density at radius 3 is 2.36 bits per heavy atom. The maximum atomic E-state index is 12.0. The van der Waals surface area contributed by atoms with Gasteiger partial charge in [0.1, 0.15) is 17.0 Å². The lowest BCUT2D eigenvalue weighted by Crippen LogP contribution is -2.39. The van der Waals surface area contributed by atoms with Gasteiger partial charge in [0.25, 0.3) is 5.91 Å². The van der Waals surface area contributed by atoms with Gasteiger partial charge >= 0.3 is 6.09 Å². The van der Waals surface area contributed by atoms with Crippen molar-refractivity contribution in [2.75, 3.05) is 38.7 Å². The summed E-state index contributed by atoms with van der Waals surface area (Å²) in [6, 6.07) is 3.29. The van der Waals surface area contributed by atoms with E-state index in [0.717, 1.165) is 0 Å². The maximum absolute atomic E-state index is 12.0. The Morgan fingerprint density at radius 2 is 1.88 bits per heavy atom. The number of rotatable bonds is 7. The van der Waals surface area contributed by atoms with E-state index in [0.29, 0.717) is 25.5 Å². The summed E-state index contributed by atoms with van der Waals surface area (Å²) in [6.45, 7) is 9.15. The third kappa shape index (κ3) is 6.13. The number of methoxy groups -OCH3 is 1. The minimum Gasteiger partial charge on any atom is -0.480 e. The Hall–Kier alpha value is -2.51. The molecular weight excluding hydrogens is 324 g/mol. The van der Waals surface area contributed by atoms with Gasteiger partial charge in [-0.3, -0.25) is 4.79 Å². The number of primary amides is 1. The zero-order valence-corrected chi connectivity index (χ0v) is 15.8. The number of pyridine rings is 1. The van der Waals surface area contributed by atoms with Crippen LogP contribution in [0.4, 0.5) is 10.6 Å². The first-order valence-electron chi connectivity index (χ1n) is 8.13. The molecule has 8 nitrogen and oxygen atoms in total. The number of nitrogens with zero attached hydrogens (tertiary/aromatic N) is 3. The molecule has 0 aromatic carbocycles. The summed E-state index contributed by atoms with van der Waals surface area (Å²) in [5.74, 6) is 0.231. The number of likely N-dealkylation sites (N-methyl/N-ethyl adjacent to an activating group) is 2. The van der Waals surface area contributed by atoms with Crippen molar-refractivity contribution in [3.05, 3.63) is 17.7 Å². The number of hydrogen-bond donors (Lipinski definition) is 1. The zero-order chi connectivity index (χ0) is 19.2. The van der Waals surface area contributed by atoms with E-state index in [2.05, 4.69) is 4.98 Å². The van der Waals surface area contributed by atoms with E-state index in [1.54, 1.807) is 19.2 Å². The van der Waals surface area contributed by atoms with Crippen LogP contribution in [0.15, 0.2) is 12.1 Å². The van der Waals surface area contributed by atoms with E-state index in [1.807, 2.05) is 32.6 Å². The molecule has 0 aliphatic heterocycles. The molecule has 1 aromatic rings. The van der Waals surface area contributed by atoms with Gasteiger partial charge in [-0.15, -0.1) is 0 Å². The van der Waals surface area contributed by atoms with Crippen LogP contribution in [0.2, 0.25) is 0 Å². The predicted octanol–water partition coefficient (Wildman–Crippen LogP) is 1.88. The van der Waals surface area contributed by atoms with Crippen molar-refractivity contribution in [2.45, 2.75) is 33.3 Å². The lowest BCUT2D eigenvalue weighted by molar-refractivity contribution is 0.0303. The highest BCUT2D eigenvalue weighted by Crippen LogP contribution is 2.20. The average Bonchev–Trinajstić information content (AvgIpc) is 2.53. The summed E-state index contributed by atoms with van der Waals surface area (Å²) in [5, 5.41) is 0. The van der Waals surface area contributed by atoms with Crippen molar-refractivity contribution in [1.29, 1.82) is 0 Å². The van der Waals surface area contributed by atoms with Gasteiger partial charge in [0.15, 0.2) is 0 Å². The molecule has 0 fully saturated rings. The standard InChI is InChI=1S/C17H28N4O4/c1-7-21(11-10-20(5)16(23)25-17(2,3)4)13-9-8-12(14(18)22)15(19-13)24-6/h8-9H,7,10-11H2,1-6H3,(H2,18,22). The molecule has 0 spiro atoms. The second-order valence-electron chi connectivity index (χ2n) is 6.57. The van der Waals surface area contributed by atoms with Crippen LogP contribution in [0.3, 0.4) is 0 Å². The molecule has 1 rings (SSSR count). The lowest BCUT2D eigenvalue weighted by Gasteiger charge is -2.28. The topological polar surface area (TPSA) is 98.0 Å². The minimum absolute atomic E-state index is 0.184. The molecule has 0 saturated heterocycles. The zero-order valence-electron chi connectivity index (χ0n) is 15.8. The molecule has 1 heterocycles. The quantitative estimate of drug-likeness (QED) is 0.804. The van der Waals surface area contributed by atoms with Gasteiger partial charge < -0.3 is 25.0 Å². The molecule has 2 N–H and O–H groups in total. The molecule has 1 aromatic heterocycles. The van der Waals surface area contributed by atoms with Crippen LogP contribution in [0.5, 0.6) is 5.88 Å². The van der Waals surface area contributed by atoms with Crippen LogP contribution in [0.25, 0.3) is 0 Å². The van der Waals surface area contributed by atoms with Crippen LogP contribution in [-0.4, -0.2) is 61.3 Å². The molecule has 140 valence electrons. The first-order chi connectivity index (χ1) is 11.6. The van der Waals surface area contributed by atoms with Crippen LogP contribution in [-0.2, 0) is 4.74 Å². The summed E-state index contributed by atoms with van der Waals surface area (Å²) in [6.07, 6.45) is -0.377. The second kappa shape index (κ2) is 8.55. The van der Waals surface area contributed by atoms with Crippen molar-refractivity contribution in [2.24, 2.45) is 5.73 Å². The fourth-order valence-corrected chi connectivity index (χ4v) is 2.09. The predicted molar refractivity (Wildman–Crippen MR) is 96.1 cm³/mol. The molecule has 25 heavy (non-hydrogen) atoms. The Balaban J connectivity index is 2.80. The second-order valence-corrected chi connectivity index (χ2v) is 6.57. The van der Waals surface area contributed by atoms with Gasteiger partial charge in [-0.05, 0) is 39.8 Å². The first-order valence-corrected chi connectivity index (χ1v) is 8.13. The number of hydrogen-bond acceptors (Lipinski definition) is 6. The highest BCUT2D eigenvalue weighted by molar-refractivity contribution is 5.95. The molecule has 8 heteroatoms. The van der Waals surface area contributed by atoms with E-state index in [1.165, 1.54) is 12.0 Å². The first kappa shape index (κ1) is 20.5. The van der Waals surface area contributed by atoms with Gasteiger partial charge in [-0.25, -0.2) is 4.79 Å². The molecule has 0 bridgehead atoms. The Bertz CT molecular complexity index is 613. The summed E-state index contributed by atoms with van der Waals surface area (Å²) in [5.41, 5.74) is 5.00. The largest absolute Gasteiger partial charge is 0.480 e. The average molecular weight is 352 g/mol. The molecule has 0 aliphatic carbocycles. The SMILES string of the molecule is CCN(CCN(C)C(=O)OC(C)(C)C)c1ccc(C(N)=O)c(OC)n1. The summed E-state index contributed by atoms with van der Waals surface area (Å²) >= 11 is 0. The number of anilines is 1. The normalized spacial score (nSPS) is 11.0. The van der Waals surface area contributed by atoms with Gasteiger partial charge in [0.05, 0.1) is 7.11 Å². The molecular formula is C17H28N4O4. The Labute approximate surface area is 148 Å². The molecule has 0 saturated carbocycles. The fourth-order valence-electron chi connectivity index (χ4n) is 2.09. The highest BCUT2D eigenvalue weighted by Gasteiger charge is 2.20. The number of carbonyl (C=O) groups excluding carboxylic acids is 2. The summed E-state index contributed by atoms with van der Waals surface area (Å²) in [4.78, 5) is 31.2. The third-order valence-electron chi connectivity index (χ3n) is 3.42. The molecule has 0 aliphatic rings.